The molecule has 2 nitrogen and oxygen atoms in total. The van der Waals surface area contributed by atoms with Crippen LogP contribution in [0.25, 0.3) is 0 Å². The smallest absolute Gasteiger partial charge is 0.335 e. The van der Waals surface area contributed by atoms with Crippen molar-refractivity contribution in [3.8, 4) is 0 Å². The molecular formula is C8H7BrO2S. The highest BCUT2D eigenvalue weighted by atomic mass is 79.9. The molecule has 0 amide bonds. The molecule has 0 aliphatic carbocycles. The SMILES string of the molecule is O=C(O)c1ccc(Br)cc1CS. The van der Waals surface area contributed by atoms with E-state index in [4.69, 9.17) is 5.11 Å². The summed E-state index contributed by atoms with van der Waals surface area (Å²) in [6, 6.07) is 5.03. The first-order valence-corrected chi connectivity index (χ1v) is 4.70. The van der Waals surface area contributed by atoms with Gasteiger partial charge < -0.3 is 5.11 Å². The number of thiol groups is 1. The minimum absolute atomic E-state index is 0.313. The normalized spacial score (nSPS) is 9.83. The van der Waals surface area contributed by atoms with Gasteiger partial charge in [-0.2, -0.15) is 12.6 Å². The Morgan fingerprint density at radius 2 is 2.25 bits per heavy atom. The molecule has 0 saturated heterocycles. The molecule has 0 heterocycles. The minimum Gasteiger partial charge on any atom is -0.478 e. The number of rotatable bonds is 2. The maximum atomic E-state index is 10.6. The van der Waals surface area contributed by atoms with E-state index in [1.807, 2.05) is 0 Å². The predicted octanol–water partition coefficient (Wildman–Crippen LogP) is 2.58. The zero-order valence-corrected chi connectivity index (χ0v) is 8.60. The van der Waals surface area contributed by atoms with Gasteiger partial charge in [0.15, 0.2) is 0 Å². The number of hydrogen-bond donors (Lipinski definition) is 2. The predicted molar refractivity (Wildman–Crippen MR) is 53.8 cm³/mol. The molecule has 0 aliphatic rings. The number of carboxylic acid groups (broad SMARTS) is 1. The average Bonchev–Trinajstić information content (AvgIpc) is 2.03. The third-order valence-electron chi connectivity index (χ3n) is 1.47. The molecule has 1 N–H and O–H groups in total. The van der Waals surface area contributed by atoms with Crippen LogP contribution in [-0.2, 0) is 5.75 Å². The topological polar surface area (TPSA) is 37.3 Å². The van der Waals surface area contributed by atoms with Gasteiger partial charge in [0.05, 0.1) is 5.56 Å². The van der Waals surface area contributed by atoms with Crippen molar-refractivity contribution in [3.63, 3.8) is 0 Å². The fourth-order valence-corrected chi connectivity index (χ4v) is 1.57. The summed E-state index contributed by atoms with van der Waals surface area (Å²) in [5.74, 6) is -0.479. The van der Waals surface area contributed by atoms with E-state index in [1.54, 1.807) is 18.2 Å². The van der Waals surface area contributed by atoms with Crippen LogP contribution >= 0.6 is 28.6 Å². The van der Waals surface area contributed by atoms with Crippen LogP contribution in [-0.4, -0.2) is 11.1 Å². The van der Waals surface area contributed by atoms with Crippen LogP contribution in [0.2, 0.25) is 0 Å². The molecule has 1 rings (SSSR count). The van der Waals surface area contributed by atoms with Crippen LogP contribution < -0.4 is 0 Å². The second kappa shape index (κ2) is 3.96. The lowest BCUT2D eigenvalue weighted by molar-refractivity contribution is 0.0696. The molecule has 64 valence electrons. The molecule has 0 spiro atoms. The number of carboxylic acids is 1. The second-order valence-electron chi connectivity index (χ2n) is 2.26. The number of benzene rings is 1. The summed E-state index contributed by atoms with van der Waals surface area (Å²) in [4.78, 5) is 10.6. The van der Waals surface area contributed by atoms with Crippen molar-refractivity contribution in [1.82, 2.24) is 0 Å². The Hall–Kier alpha value is -0.480. The standard InChI is InChI=1S/C8H7BrO2S/c9-6-1-2-7(8(10)11)5(3-6)4-12/h1-3,12H,4H2,(H,10,11). The monoisotopic (exact) mass is 246 g/mol. The van der Waals surface area contributed by atoms with Crippen LogP contribution in [0.1, 0.15) is 15.9 Å². The van der Waals surface area contributed by atoms with Crippen molar-refractivity contribution < 1.29 is 9.90 Å². The van der Waals surface area contributed by atoms with Crippen LogP contribution in [0.5, 0.6) is 0 Å². The van der Waals surface area contributed by atoms with Gasteiger partial charge in [-0.25, -0.2) is 4.79 Å². The van der Waals surface area contributed by atoms with Crippen molar-refractivity contribution in [1.29, 1.82) is 0 Å². The molecule has 1 aromatic rings. The van der Waals surface area contributed by atoms with E-state index < -0.39 is 5.97 Å². The summed E-state index contributed by atoms with van der Waals surface area (Å²) >= 11 is 7.30. The summed E-state index contributed by atoms with van der Waals surface area (Å²) in [5, 5.41) is 8.74. The van der Waals surface area contributed by atoms with Crippen LogP contribution in [0, 0.1) is 0 Å². The van der Waals surface area contributed by atoms with Gasteiger partial charge in [0.1, 0.15) is 0 Å². The number of carbonyl (C=O) groups is 1. The van der Waals surface area contributed by atoms with Gasteiger partial charge in [-0.05, 0) is 23.8 Å². The Balaban J connectivity index is 3.20. The molecule has 0 saturated carbocycles. The fourth-order valence-electron chi connectivity index (χ4n) is 0.902. The fraction of sp³-hybridized carbons (Fsp3) is 0.125. The van der Waals surface area contributed by atoms with Crippen molar-refractivity contribution >= 4 is 34.5 Å². The van der Waals surface area contributed by atoms with E-state index in [1.165, 1.54) is 0 Å². The summed E-state index contributed by atoms with van der Waals surface area (Å²) in [5.41, 5.74) is 1.04. The minimum atomic E-state index is -0.911. The highest BCUT2D eigenvalue weighted by Crippen LogP contribution is 2.18. The molecule has 0 aliphatic heterocycles. The molecule has 0 radical (unpaired) electrons. The van der Waals surface area contributed by atoms with Gasteiger partial charge in [0.2, 0.25) is 0 Å². The first-order chi connectivity index (χ1) is 5.65. The van der Waals surface area contributed by atoms with Crippen molar-refractivity contribution in [2.75, 3.05) is 0 Å². The summed E-state index contributed by atoms with van der Waals surface area (Å²) < 4.78 is 0.872. The molecule has 12 heavy (non-hydrogen) atoms. The van der Waals surface area contributed by atoms with E-state index >= 15 is 0 Å². The largest absolute Gasteiger partial charge is 0.478 e. The molecule has 0 aromatic heterocycles. The summed E-state index contributed by atoms with van der Waals surface area (Å²) in [7, 11) is 0. The van der Waals surface area contributed by atoms with Crippen LogP contribution in [0.15, 0.2) is 22.7 Å². The number of aromatic carboxylic acids is 1. The molecule has 1 aromatic carbocycles. The van der Waals surface area contributed by atoms with Gasteiger partial charge in [-0.1, -0.05) is 15.9 Å². The van der Waals surface area contributed by atoms with Crippen molar-refractivity contribution in [3.05, 3.63) is 33.8 Å². The molecule has 0 bridgehead atoms. The second-order valence-corrected chi connectivity index (χ2v) is 3.50. The Morgan fingerprint density at radius 1 is 1.58 bits per heavy atom. The molecule has 0 atom stereocenters. The third-order valence-corrected chi connectivity index (χ3v) is 2.30. The molecule has 0 unspecified atom stereocenters. The van der Waals surface area contributed by atoms with E-state index in [0.29, 0.717) is 11.3 Å². The van der Waals surface area contributed by atoms with E-state index in [9.17, 15) is 4.79 Å². The van der Waals surface area contributed by atoms with Gasteiger partial charge in [-0.3, -0.25) is 0 Å². The quantitative estimate of drug-likeness (QED) is 0.788. The van der Waals surface area contributed by atoms with Gasteiger partial charge in [0, 0.05) is 10.2 Å². The Kier molecular flexibility index (Phi) is 3.17. The van der Waals surface area contributed by atoms with Crippen molar-refractivity contribution in [2.45, 2.75) is 5.75 Å². The maximum absolute atomic E-state index is 10.6. The molecule has 4 heteroatoms. The maximum Gasteiger partial charge on any atom is 0.335 e. The first kappa shape index (κ1) is 9.61. The third kappa shape index (κ3) is 2.01. The van der Waals surface area contributed by atoms with Gasteiger partial charge in [-0.15, -0.1) is 0 Å². The van der Waals surface area contributed by atoms with Gasteiger partial charge in [0.25, 0.3) is 0 Å². The molecule has 0 fully saturated rings. The average molecular weight is 247 g/mol. The summed E-state index contributed by atoms with van der Waals surface area (Å²) in [6.45, 7) is 0. The molecular weight excluding hydrogens is 240 g/mol. The first-order valence-electron chi connectivity index (χ1n) is 3.27. The van der Waals surface area contributed by atoms with E-state index in [-0.39, 0.29) is 0 Å². The number of halogens is 1. The lowest BCUT2D eigenvalue weighted by atomic mass is 10.1. The lowest BCUT2D eigenvalue weighted by Gasteiger charge is -2.02. The van der Waals surface area contributed by atoms with E-state index in [2.05, 4.69) is 28.6 Å². The zero-order chi connectivity index (χ0) is 9.14. The lowest BCUT2D eigenvalue weighted by Crippen LogP contribution is -2.00. The van der Waals surface area contributed by atoms with E-state index in [0.717, 1.165) is 10.0 Å². The van der Waals surface area contributed by atoms with Crippen LogP contribution in [0.3, 0.4) is 0 Å². The summed E-state index contributed by atoms with van der Waals surface area (Å²) in [6.07, 6.45) is 0. The Morgan fingerprint density at radius 3 is 2.75 bits per heavy atom. The highest BCUT2D eigenvalue weighted by Gasteiger charge is 2.07. The van der Waals surface area contributed by atoms with Gasteiger partial charge >= 0.3 is 5.97 Å². The Bertz CT molecular complexity index is 312. The van der Waals surface area contributed by atoms with Crippen LogP contribution in [0.4, 0.5) is 0 Å². The highest BCUT2D eigenvalue weighted by molar-refractivity contribution is 9.10. The zero-order valence-electron chi connectivity index (χ0n) is 6.12. The van der Waals surface area contributed by atoms with Crippen molar-refractivity contribution in [2.24, 2.45) is 0 Å². The Labute approximate surface area is 84.1 Å². The number of hydrogen-bond acceptors (Lipinski definition) is 2.